The predicted molar refractivity (Wildman–Crippen MR) is 117 cm³/mol. The van der Waals surface area contributed by atoms with Crippen LogP contribution in [-0.4, -0.2) is 45.8 Å². The van der Waals surface area contributed by atoms with Crippen LogP contribution in [0.3, 0.4) is 0 Å². The van der Waals surface area contributed by atoms with Gasteiger partial charge in [0.1, 0.15) is 6.04 Å². The average Bonchev–Trinajstić information content (AvgIpc) is 2.70. The third-order valence-electron chi connectivity index (χ3n) is 4.39. The Balaban J connectivity index is 3.63. The summed E-state index contributed by atoms with van der Waals surface area (Å²) in [5.41, 5.74) is 0. The molecule has 0 saturated carbocycles. The number of nitrogens with one attached hydrogen (secondary N) is 1. The Morgan fingerprint density at radius 1 is 0.733 bits per heavy atom. The van der Waals surface area contributed by atoms with Gasteiger partial charge in [0.15, 0.2) is 0 Å². The molecule has 0 heterocycles. The lowest BCUT2D eigenvalue weighted by molar-refractivity contribution is -0.143. The second-order valence-corrected chi connectivity index (χ2v) is 7.10. The first kappa shape index (κ1) is 27.6. The van der Waals surface area contributed by atoms with Crippen molar-refractivity contribution in [1.82, 2.24) is 5.32 Å². The number of hydrogen-bond donors (Lipinski definition) is 4. The van der Waals surface area contributed by atoms with Crippen LogP contribution in [0.2, 0.25) is 0 Å². The lowest BCUT2D eigenvalue weighted by atomic mass is 10.1. The van der Waals surface area contributed by atoms with Crippen LogP contribution in [0, 0.1) is 0 Å². The fourth-order valence-electron chi connectivity index (χ4n) is 2.72. The molecular formula is C23H37NO6. The van der Waals surface area contributed by atoms with Gasteiger partial charge in [-0.1, -0.05) is 55.7 Å². The Hall–Kier alpha value is -2.41. The van der Waals surface area contributed by atoms with Crippen LogP contribution in [0.5, 0.6) is 0 Å². The number of allylic oxidation sites excluding steroid dienone is 5. The molecule has 0 rings (SSSR count). The molecule has 0 aromatic rings. The summed E-state index contributed by atoms with van der Waals surface area (Å²) in [4.78, 5) is 33.4. The Morgan fingerprint density at radius 2 is 1.30 bits per heavy atom. The molecule has 0 aliphatic carbocycles. The van der Waals surface area contributed by atoms with Gasteiger partial charge >= 0.3 is 11.9 Å². The van der Waals surface area contributed by atoms with Gasteiger partial charge in [-0.15, -0.1) is 0 Å². The SMILES string of the molecule is O=C(O)CC[C@H](NC(=O)CCCCCCC/C=C/C/C=C/C/C=C/CCO)C(=O)O. The van der Waals surface area contributed by atoms with Crippen LogP contribution in [-0.2, 0) is 14.4 Å². The molecule has 0 aliphatic rings. The highest BCUT2D eigenvalue weighted by molar-refractivity contribution is 5.83. The number of aliphatic hydroxyl groups is 1. The van der Waals surface area contributed by atoms with E-state index >= 15 is 0 Å². The van der Waals surface area contributed by atoms with E-state index in [0.717, 1.165) is 44.9 Å². The predicted octanol–water partition coefficient (Wildman–Crippen LogP) is 3.98. The maximum Gasteiger partial charge on any atom is 0.326 e. The summed E-state index contributed by atoms with van der Waals surface area (Å²) < 4.78 is 0. The summed E-state index contributed by atoms with van der Waals surface area (Å²) in [7, 11) is 0. The van der Waals surface area contributed by atoms with Crippen molar-refractivity contribution in [3.8, 4) is 0 Å². The second kappa shape index (κ2) is 19.9. The van der Waals surface area contributed by atoms with Crippen LogP contribution in [0.15, 0.2) is 36.5 Å². The van der Waals surface area contributed by atoms with Gasteiger partial charge in [0.25, 0.3) is 0 Å². The zero-order valence-corrected chi connectivity index (χ0v) is 17.8. The van der Waals surface area contributed by atoms with Crippen LogP contribution in [0.4, 0.5) is 0 Å². The van der Waals surface area contributed by atoms with Crippen molar-refractivity contribution >= 4 is 17.8 Å². The van der Waals surface area contributed by atoms with Crippen LogP contribution >= 0.6 is 0 Å². The van der Waals surface area contributed by atoms with Gasteiger partial charge in [0.05, 0.1) is 0 Å². The third kappa shape index (κ3) is 18.9. The van der Waals surface area contributed by atoms with E-state index in [4.69, 9.17) is 15.3 Å². The summed E-state index contributed by atoms with van der Waals surface area (Å²) >= 11 is 0. The number of carboxylic acids is 2. The standard InChI is InChI=1S/C23H37NO6/c25-19-15-13-11-9-7-5-3-1-2-4-6-8-10-12-14-16-21(26)24-20(23(29)30)17-18-22(27)28/h1-2,5,7,11,13,20,25H,3-4,6,8-10,12,14-19H2,(H,24,26)(H,27,28)(H,29,30)/b2-1+,7-5+,13-11+/t20-/m0/s1. The van der Waals surface area contributed by atoms with E-state index < -0.39 is 18.0 Å². The molecule has 0 fully saturated rings. The Kier molecular flexibility index (Phi) is 18.3. The average molecular weight is 424 g/mol. The summed E-state index contributed by atoms with van der Waals surface area (Å²) in [6.07, 6.45) is 20.9. The lowest BCUT2D eigenvalue weighted by Gasteiger charge is -2.13. The van der Waals surface area contributed by atoms with E-state index in [1.54, 1.807) is 0 Å². The number of aliphatic carboxylic acids is 2. The Morgan fingerprint density at radius 3 is 1.90 bits per heavy atom. The molecule has 7 heteroatoms. The number of carbonyl (C=O) groups is 3. The van der Waals surface area contributed by atoms with Gasteiger partial charge in [0, 0.05) is 19.4 Å². The van der Waals surface area contributed by atoms with Crippen LogP contribution in [0.25, 0.3) is 0 Å². The highest BCUT2D eigenvalue weighted by Crippen LogP contribution is 2.08. The molecule has 0 saturated heterocycles. The van der Waals surface area contributed by atoms with E-state index in [1.165, 1.54) is 0 Å². The van der Waals surface area contributed by atoms with Gasteiger partial charge in [-0.05, 0) is 44.9 Å². The van der Waals surface area contributed by atoms with Crippen molar-refractivity contribution in [3.05, 3.63) is 36.5 Å². The Labute approximate surface area is 179 Å². The first-order chi connectivity index (χ1) is 14.5. The lowest BCUT2D eigenvalue weighted by Crippen LogP contribution is -2.41. The minimum atomic E-state index is -1.21. The summed E-state index contributed by atoms with van der Waals surface area (Å²) in [5, 5.41) is 28.7. The molecular weight excluding hydrogens is 386 g/mol. The van der Waals surface area contributed by atoms with E-state index in [0.29, 0.717) is 12.8 Å². The zero-order valence-electron chi connectivity index (χ0n) is 17.8. The number of unbranched alkanes of at least 4 members (excludes halogenated alkanes) is 5. The maximum atomic E-state index is 11.8. The highest BCUT2D eigenvalue weighted by Gasteiger charge is 2.20. The van der Waals surface area contributed by atoms with Crippen molar-refractivity contribution in [2.75, 3.05) is 6.61 Å². The summed E-state index contributed by atoms with van der Waals surface area (Å²) in [5.74, 6) is -2.62. The molecule has 170 valence electrons. The number of rotatable bonds is 19. The molecule has 0 radical (unpaired) electrons. The van der Waals surface area contributed by atoms with Crippen molar-refractivity contribution in [2.45, 2.75) is 83.1 Å². The minimum absolute atomic E-state index is 0.110. The fourth-order valence-corrected chi connectivity index (χ4v) is 2.72. The molecule has 0 aliphatic heterocycles. The molecule has 4 N–H and O–H groups in total. The van der Waals surface area contributed by atoms with Gasteiger partial charge in [-0.25, -0.2) is 4.79 Å². The molecule has 0 aromatic carbocycles. The quantitative estimate of drug-likeness (QED) is 0.184. The summed E-state index contributed by atoms with van der Waals surface area (Å²) in [6, 6.07) is -1.14. The normalized spacial score (nSPS) is 12.7. The van der Waals surface area contributed by atoms with Gasteiger partial charge in [-0.3, -0.25) is 9.59 Å². The van der Waals surface area contributed by atoms with Gasteiger partial charge in [-0.2, -0.15) is 0 Å². The van der Waals surface area contributed by atoms with Crippen LogP contribution in [0.1, 0.15) is 77.0 Å². The van der Waals surface area contributed by atoms with Crippen molar-refractivity contribution < 1.29 is 29.7 Å². The largest absolute Gasteiger partial charge is 0.481 e. The molecule has 1 amide bonds. The number of carboxylic acid groups (broad SMARTS) is 2. The molecule has 30 heavy (non-hydrogen) atoms. The van der Waals surface area contributed by atoms with Crippen molar-refractivity contribution in [2.24, 2.45) is 0 Å². The Bertz CT molecular complexity index is 568. The highest BCUT2D eigenvalue weighted by atomic mass is 16.4. The molecule has 0 spiro atoms. The molecule has 1 atom stereocenters. The topological polar surface area (TPSA) is 124 Å². The maximum absolute atomic E-state index is 11.8. The number of aliphatic hydroxyl groups excluding tert-OH is 1. The van der Waals surface area contributed by atoms with Gasteiger partial charge < -0.3 is 20.6 Å². The first-order valence-electron chi connectivity index (χ1n) is 10.8. The van der Waals surface area contributed by atoms with Gasteiger partial charge in [0.2, 0.25) is 5.91 Å². The second-order valence-electron chi connectivity index (χ2n) is 7.10. The van der Waals surface area contributed by atoms with Crippen LogP contribution < -0.4 is 5.32 Å². The molecule has 0 bridgehead atoms. The number of amides is 1. The van der Waals surface area contributed by atoms with E-state index in [2.05, 4.69) is 29.6 Å². The summed E-state index contributed by atoms with van der Waals surface area (Å²) in [6.45, 7) is 0.196. The molecule has 7 nitrogen and oxygen atoms in total. The monoisotopic (exact) mass is 423 g/mol. The smallest absolute Gasteiger partial charge is 0.326 e. The minimum Gasteiger partial charge on any atom is -0.481 e. The van der Waals surface area contributed by atoms with E-state index in [9.17, 15) is 14.4 Å². The third-order valence-corrected chi connectivity index (χ3v) is 4.39. The number of carbonyl (C=O) groups excluding carboxylic acids is 1. The molecule has 0 aromatic heterocycles. The zero-order chi connectivity index (χ0) is 22.5. The number of hydrogen-bond acceptors (Lipinski definition) is 4. The van der Waals surface area contributed by atoms with Crippen molar-refractivity contribution in [3.63, 3.8) is 0 Å². The van der Waals surface area contributed by atoms with E-state index in [1.807, 2.05) is 12.2 Å². The van der Waals surface area contributed by atoms with Crippen molar-refractivity contribution in [1.29, 1.82) is 0 Å². The molecule has 0 unspecified atom stereocenters. The fraction of sp³-hybridized carbons (Fsp3) is 0.609. The van der Waals surface area contributed by atoms with E-state index in [-0.39, 0.29) is 31.8 Å². The first-order valence-corrected chi connectivity index (χ1v) is 10.8.